The number of aryl methyl sites for hydroxylation is 1. The maximum absolute atomic E-state index is 12.6. The van der Waals surface area contributed by atoms with E-state index < -0.39 is 0 Å². The molecule has 5 rings (SSSR count). The quantitative estimate of drug-likeness (QED) is 0.481. The molecule has 4 aromatic rings. The summed E-state index contributed by atoms with van der Waals surface area (Å²) in [7, 11) is 0. The second-order valence-electron chi connectivity index (χ2n) is 8.13. The van der Waals surface area contributed by atoms with E-state index in [1.807, 2.05) is 19.9 Å². The van der Waals surface area contributed by atoms with Crippen LogP contribution in [0.4, 0.5) is 5.69 Å². The number of fused-ring (bicyclic) bond motifs is 1. The van der Waals surface area contributed by atoms with E-state index in [0.717, 1.165) is 52.2 Å². The molecule has 0 unspecified atom stereocenters. The summed E-state index contributed by atoms with van der Waals surface area (Å²) >= 11 is 0. The lowest BCUT2D eigenvalue weighted by Gasteiger charge is -2.17. The van der Waals surface area contributed by atoms with Gasteiger partial charge >= 0.3 is 0 Å². The van der Waals surface area contributed by atoms with Crippen molar-refractivity contribution in [2.24, 2.45) is 0 Å². The highest BCUT2D eigenvalue weighted by molar-refractivity contribution is 5.97. The first kappa shape index (κ1) is 18.6. The number of carbonyl (C=O) groups is 1. The minimum Gasteiger partial charge on any atom is -0.372 e. The number of aromatic nitrogens is 4. The fourth-order valence-electron chi connectivity index (χ4n) is 4.17. The average molecular weight is 399 g/mol. The van der Waals surface area contributed by atoms with Gasteiger partial charge in [-0.25, -0.2) is 4.98 Å². The molecule has 3 aromatic heterocycles. The molecule has 0 bridgehead atoms. The standard InChI is InChI=1S/C24H25N5O/c1-15-16(2)27-28-23(15)22(30)12-17-11-19-13-21(26-24(19)25-14-17)18-5-7-20(8-6-18)29-9-3-4-10-29/h5-8,11,13-14H,3-4,9-10,12H2,1-2H3,(H,25,26)(H,27,28). The first-order valence-corrected chi connectivity index (χ1v) is 10.5. The predicted molar refractivity (Wildman–Crippen MR) is 119 cm³/mol. The Morgan fingerprint density at radius 3 is 2.57 bits per heavy atom. The van der Waals surface area contributed by atoms with Crippen LogP contribution in [0.5, 0.6) is 0 Å². The number of anilines is 1. The molecule has 1 aromatic carbocycles. The Morgan fingerprint density at radius 1 is 1.10 bits per heavy atom. The third-order valence-electron chi connectivity index (χ3n) is 6.06. The Labute approximate surface area is 175 Å². The zero-order valence-electron chi connectivity index (χ0n) is 17.3. The molecule has 1 fully saturated rings. The van der Waals surface area contributed by atoms with E-state index in [9.17, 15) is 4.79 Å². The number of Topliss-reactive ketones (excluding diaryl/α,β-unsaturated/α-hetero) is 1. The third-order valence-corrected chi connectivity index (χ3v) is 6.06. The van der Waals surface area contributed by atoms with Gasteiger partial charge in [-0.05, 0) is 62.1 Å². The van der Waals surface area contributed by atoms with Gasteiger partial charge in [0.2, 0.25) is 0 Å². The van der Waals surface area contributed by atoms with E-state index in [4.69, 9.17) is 0 Å². The number of nitrogens with zero attached hydrogens (tertiary/aromatic N) is 3. The van der Waals surface area contributed by atoms with Crippen LogP contribution >= 0.6 is 0 Å². The molecule has 30 heavy (non-hydrogen) atoms. The van der Waals surface area contributed by atoms with Gasteiger partial charge in [-0.3, -0.25) is 9.89 Å². The van der Waals surface area contributed by atoms with Crippen molar-refractivity contribution >= 4 is 22.5 Å². The van der Waals surface area contributed by atoms with Crippen molar-refractivity contribution in [1.29, 1.82) is 0 Å². The van der Waals surface area contributed by atoms with Crippen LogP contribution in [0.15, 0.2) is 42.6 Å². The number of benzene rings is 1. The van der Waals surface area contributed by atoms with Crippen LogP contribution in [0.1, 0.15) is 40.2 Å². The van der Waals surface area contributed by atoms with E-state index in [2.05, 4.69) is 55.4 Å². The lowest BCUT2D eigenvalue weighted by molar-refractivity contribution is 0.0987. The third kappa shape index (κ3) is 3.38. The van der Waals surface area contributed by atoms with E-state index >= 15 is 0 Å². The summed E-state index contributed by atoms with van der Waals surface area (Å²) in [5.74, 6) is 0.00580. The van der Waals surface area contributed by atoms with Gasteiger partial charge in [0, 0.05) is 53.7 Å². The number of pyridine rings is 1. The fourth-order valence-corrected chi connectivity index (χ4v) is 4.17. The van der Waals surface area contributed by atoms with Crippen LogP contribution in [0.25, 0.3) is 22.3 Å². The minimum absolute atomic E-state index is 0.00580. The molecule has 152 valence electrons. The molecule has 6 heteroatoms. The highest BCUT2D eigenvalue weighted by Crippen LogP contribution is 2.27. The molecular formula is C24H25N5O. The summed E-state index contributed by atoms with van der Waals surface area (Å²) in [6.45, 7) is 6.13. The molecule has 1 saturated heterocycles. The molecule has 6 nitrogen and oxygen atoms in total. The number of hydrogen-bond acceptors (Lipinski definition) is 4. The SMILES string of the molecule is Cc1[nH]nc(C(=O)Cc2cnc3[nH]c(-c4ccc(N5CCCC5)cc4)cc3c2)c1C. The molecule has 0 atom stereocenters. The maximum Gasteiger partial charge on any atom is 0.187 e. The second kappa shape index (κ2) is 7.44. The monoisotopic (exact) mass is 399 g/mol. The van der Waals surface area contributed by atoms with Gasteiger partial charge in [0.1, 0.15) is 11.3 Å². The van der Waals surface area contributed by atoms with Gasteiger partial charge in [0.25, 0.3) is 0 Å². The average Bonchev–Trinajstić information content (AvgIpc) is 3.49. The first-order chi connectivity index (χ1) is 14.6. The van der Waals surface area contributed by atoms with Crippen LogP contribution in [-0.4, -0.2) is 39.0 Å². The summed E-state index contributed by atoms with van der Waals surface area (Å²) in [4.78, 5) is 23.0. The molecule has 0 amide bonds. The fraction of sp³-hybridized carbons (Fsp3) is 0.292. The minimum atomic E-state index is 0.00580. The second-order valence-corrected chi connectivity index (χ2v) is 8.13. The van der Waals surface area contributed by atoms with Crippen molar-refractivity contribution < 1.29 is 4.79 Å². The van der Waals surface area contributed by atoms with E-state index in [1.165, 1.54) is 18.5 Å². The van der Waals surface area contributed by atoms with Gasteiger partial charge in [-0.15, -0.1) is 0 Å². The van der Waals surface area contributed by atoms with Crippen molar-refractivity contribution in [3.63, 3.8) is 0 Å². The molecule has 4 heterocycles. The van der Waals surface area contributed by atoms with Crippen molar-refractivity contribution in [3.8, 4) is 11.3 Å². The van der Waals surface area contributed by atoms with Gasteiger partial charge in [0.15, 0.2) is 5.78 Å². The number of carbonyl (C=O) groups excluding carboxylic acids is 1. The van der Waals surface area contributed by atoms with Crippen LogP contribution < -0.4 is 4.90 Å². The van der Waals surface area contributed by atoms with Crippen LogP contribution in [-0.2, 0) is 6.42 Å². The number of rotatable bonds is 5. The highest BCUT2D eigenvalue weighted by Gasteiger charge is 2.16. The Hall–Kier alpha value is -3.41. The summed E-state index contributed by atoms with van der Waals surface area (Å²) in [5.41, 5.74) is 7.53. The number of ketones is 1. The Kier molecular flexibility index (Phi) is 4.62. The zero-order chi connectivity index (χ0) is 20.7. The molecule has 1 aliphatic rings. The van der Waals surface area contributed by atoms with E-state index in [-0.39, 0.29) is 5.78 Å². The lowest BCUT2D eigenvalue weighted by atomic mass is 10.0. The van der Waals surface area contributed by atoms with E-state index in [0.29, 0.717) is 12.1 Å². The molecule has 0 spiro atoms. The van der Waals surface area contributed by atoms with Crippen molar-refractivity contribution in [3.05, 3.63) is 65.1 Å². The van der Waals surface area contributed by atoms with Gasteiger partial charge in [0.05, 0.1) is 0 Å². The number of H-pyrrole nitrogens is 2. The van der Waals surface area contributed by atoms with Gasteiger partial charge < -0.3 is 9.88 Å². The topological polar surface area (TPSA) is 77.7 Å². The summed E-state index contributed by atoms with van der Waals surface area (Å²) < 4.78 is 0. The highest BCUT2D eigenvalue weighted by atomic mass is 16.1. The molecule has 0 aliphatic carbocycles. The van der Waals surface area contributed by atoms with Crippen LogP contribution in [0, 0.1) is 13.8 Å². The molecular weight excluding hydrogens is 374 g/mol. The maximum atomic E-state index is 12.6. The molecule has 0 saturated carbocycles. The lowest BCUT2D eigenvalue weighted by Crippen LogP contribution is -2.17. The molecule has 0 radical (unpaired) electrons. The van der Waals surface area contributed by atoms with Crippen molar-refractivity contribution in [1.82, 2.24) is 20.2 Å². The van der Waals surface area contributed by atoms with Crippen LogP contribution in [0.2, 0.25) is 0 Å². The Balaban J connectivity index is 1.37. The largest absolute Gasteiger partial charge is 0.372 e. The molecule has 1 aliphatic heterocycles. The summed E-state index contributed by atoms with van der Waals surface area (Å²) in [6, 6.07) is 12.8. The van der Waals surface area contributed by atoms with Gasteiger partial charge in [-0.2, -0.15) is 5.10 Å². The smallest absolute Gasteiger partial charge is 0.187 e. The summed E-state index contributed by atoms with van der Waals surface area (Å²) in [6.07, 6.45) is 4.62. The van der Waals surface area contributed by atoms with E-state index in [1.54, 1.807) is 6.20 Å². The Morgan fingerprint density at radius 2 is 1.87 bits per heavy atom. The molecule has 2 N–H and O–H groups in total. The summed E-state index contributed by atoms with van der Waals surface area (Å²) in [5, 5.41) is 8.04. The predicted octanol–water partition coefficient (Wildman–Crippen LogP) is 4.60. The van der Waals surface area contributed by atoms with Crippen molar-refractivity contribution in [2.45, 2.75) is 33.1 Å². The zero-order valence-corrected chi connectivity index (χ0v) is 17.3. The Bertz CT molecular complexity index is 1210. The van der Waals surface area contributed by atoms with Crippen molar-refractivity contribution in [2.75, 3.05) is 18.0 Å². The first-order valence-electron chi connectivity index (χ1n) is 10.5. The van der Waals surface area contributed by atoms with Gasteiger partial charge in [-0.1, -0.05) is 12.1 Å². The normalized spacial score (nSPS) is 14.0. The van der Waals surface area contributed by atoms with Crippen LogP contribution in [0.3, 0.4) is 0 Å². The number of nitrogens with one attached hydrogen (secondary N) is 2. The number of aromatic amines is 2. The number of hydrogen-bond donors (Lipinski definition) is 2.